The highest BCUT2D eigenvalue weighted by Gasteiger charge is 2.33. The number of hydrogen-bond donors (Lipinski definition) is 1. The minimum atomic E-state index is 0.327. The van der Waals surface area contributed by atoms with Gasteiger partial charge in [-0.3, -0.25) is 4.79 Å². The van der Waals surface area contributed by atoms with Crippen molar-refractivity contribution in [3.05, 3.63) is 35.5 Å². The van der Waals surface area contributed by atoms with Gasteiger partial charge in [0, 0.05) is 30.5 Å². The van der Waals surface area contributed by atoms with Gasteiger partial charge in [-0.15, -0.1) is 0 Å². The van der Waals surface area contributed by atoms with Gasteiger partial charge in [0.15, 0.2) is 5.78 Å². The lowest BCUT2D eigenvalue weighted by Crippen LogP contribution is -2.44. The largest absolute Gasteiger partial charge is 0.309 e. The molecule has 0 spiro atoms. The Morgan fingerprint density at radius 3 is 3.13 bits per heavy atom. The van der Waals surface area contributed by atoms with Gasteiger partial charge in [-0.05, 0) is 18.4 Å². The molecule has 1 fully saturated rings. The van der Waals surface area contributed by atoms with Gasteiger partial charge < -0.3 is 5.32 Å². The summed E-state index contributed by atoms with van der Waals surface area (Å²) in [5, 5.41) is 3.45. The topological polar surface area (TPSA) is 29.1 Å². The molecule has 2 heteroatoms. The summed E-state index contributed by atoms with van der Waals surface area (Å²) >= 11 is 0. The molecule has 1 heterocycles. The molecule has 78 valence electrons. The summed E-state index contributed by atoms with van der Waals surface area (Å²) in [5.41, 5.74) is 2.34. The first-order valence-corrected chi connectivity index (χ1v) is 5.72. The molecule has 2 atom stereocenters. The number of carbonyl (C=O) groups is 1. The molecule has 2 aliphatic carbocycles. The van der Waals surface area contributed by atoms with E-state index in [9.17, 15) is 4.79 Å². The van der Waals surface area contributed by atoms with Crippen LogP contribution in [0.25, 0.3) is 0 Å². The van der Waals surface area contributed by atoms with Crippen LogP contribution in [0, 0.1) is 5.92 Å². The Kier molecular flexibility index (Phi) is 2.10. The first kappa shape index (κ1) is 9.10. The van der Waals surface area contributed by atoms with Gasteiger partial charge in [0.2, 0.25) is 0 Å². The van der Waals surface area contributed by atoms with E-state index >= 15 is 0 Å². The second-order valence-electron chi connectivity index (χ2n) is 4.48. The van der Waals surface area contributed by atoms with Gasteiger partial charge in [-0.2, -0.15) is 0 Å². The van der Waals surface area contributed by atoms with Crippen molar-refractivity contribution in [2.24, 2.45) is 5.92 Å². The monoisotopic (exact) mass is 201 g/mol. The predicted octanol–water partition coefficient (Wildman–Crippen LogP) is 1.75. The summed E-state index contributed by atoms with van der Waals surface area (Å²) in [5.74, 6) is 0.850. The Morgan fingerprint density at radius 2 is 2.20 bits per heavy atom. The Labute approximate surface area is 89.7 Å². The summed E-state index contributed by atoms with van der Waals surface area (Å²) in [6, 6.07) is 0.327. The molecule has 1 saturated heterocycles. The van der Waals surface area contributed by atoms with Gasteiger partial charge >= 0.3 is 0 Å². The Bertz CT molecular complexity index is 389. The van der Waals surface area contributed by atoms with Crippen molar-refractivity contribution in [3.63, 3.8) is 0 Å². The fraction of sp³-hybridized carbons (Fsp3) is 0.462. The van der Waals surface area contributed by atoms with E-state index in [-0.39, 0.29) is 0 Å². The third kappa shape index (κ3) is 1.40. The van der Waals surface area contributed by atoms with Gasteiger partial charge in [0.25, 0.3) is 0 Å². The molecule has 0 saturated carbocycles. The van der Waals surface area contributed by atoms with E-state index in [1.54, 1.807) is 0 Å². The second kappa shape index (κ2) is 3.46. The zero-order valence-corrected chi connectivity index (χ0v) is 8.70. The van der Waals surface area contributed by atoms with Gasteiger partial charge in [0.1, 0.15) is 0 Å². The molecule has 0 aromatic rings. The van der Waals surface area contributed by atoms with Gasteiger partial charge in [0.05, 0.1) is 0 Å². The number of piperidine rings is 1. The molecule has 3 rings (SSSR count). The highest BCUT2D eigenvalue weighted by atomic mass is 16.1. The fourth-order valence-electron chi connectivity index (χ4n) is 2.87. The van der Waals surface area contributed by atoms with Crippen molar-refractivity contribution < 1.29 is 4.79 Å². The van der Waals surface area contributed by atoms with Crippen molar-refractivity contribution in [1.29, 1.82) is 0 Å². The molecule has 2 unspecified atom stereocenters. The van der Waals surface area contributed by atoms with E-state index in [0.29, 0.717) is 24.2 Å². The molecule has 0 amide bonds. The highest BCUT2D eigenvalue weighted by Crippen LogP contribution is 2.36. The van der Waals surface area contributed by atoms with E-state index < -0.39 is 0 Å². The smallest absolute Gasteiger partial charge is 0.162 e. The first-order valence-electron chi connectivity index (χ1n) is 5.72. The number of fused-ring (bicyclic) bond motifs is 2. The van der Waals surface area contributed by atoms with Crippen LogP contribution in [-0.4, -0.2) is 18.4 Å². The van der Waals surface area contributed by atoms with Crippen LogP contribution in [-0.2, 0) is 4.79 Å². The zero-order valence-electron chi connectivity index (χ0n) is 8.70. The molecule has 0 aromatic carbocycles. The van der Waals surface area contributed by atoms with E-state index in [2.05, 4.69) is 23.5 Å². The lowest BCUT2D eigenvalue weighted by atomic mass is 9.75. The van der Waals surface area contributed by atoms with E-state index in [0.717, 1.165) is 18.5 Å². The van der Waals surface area contributed by atoms with Crippen molar-refractivity contribution in [3.8, 4) is 0 Å². The molecule has 1 N–H and O–H groups in total. The maximum atomic E-state index is 11.9. The first-order chi connectivity index (χ1) is 7.36. The normalized spacial score (nSPS) is 34.0. The molecule has 15 heavy (non-hydrogen) atoms. The predicted molar refractivity (Wildman–Crippen MR) is 59.4 cm³/mol. The highest BCUT2D eigenvalue weighted by molar-refractivity contribution is 5.99. The molecule has 0 radical (unpaired) electrons. The van der Waals surface area contributed by atoms with Crippen molar-refractivity contribution in [2.45, 2.75) is 25.3 Å². The van der Waals surface area contributed by atoms with Crippen LogP contribution in [0.3, 0.4) is 0 Å². The van der Waals surface area contributed by atoms with Crippen LogP contribution in [0.4, 0.5) is 0 Å². The van der Waals surface area contributed by atoms with Crippen LogP contribution in [0.1, 0.15) is 19.3 Å². The molecule has 2 nitrogen and oxygen atoms in total. The maximum absolute atomic E-state index is 11.9. The molecule has 0 bridgehead atoms. The van der Waals surface area contributed by atoms with E-state index in [1.807, 2.05) is 6.08 Å². The van der Waals surface area contributed by atoms with Gasteiger partial charge in [-0.1, -0.05) is 24.3 Å². The minimum Gasteiger partial charge on any atom is -0.309 e. The molecule has 3 aliphatic rings. The Morgan fingerprint density at radius 1 is 1.27 bits per heavy atom. The van der Waals surface area contributed by atoms with Crippen LogP contribution in [0.5, 0.6) is 0 Å². The standard InChI is InChI=1S/C13H15NO/c15-12-7-8-14-11-6-5-9-3-1-2-4-10(9)13(11)12/h1-4,9,11,14H,5-8H2. The number of Topliss-reactive ketones (excluding diaryl/α,β-unsaturated/α-hetero) is 1. The summed E-state index contributed by atoms with van der Waals surface area (Å²) in [6.07, 6.45) is 11.4. The van der Waals surface area contributed by atoms with Gasteiger partial charge in [-0.25, -0.2) is 0 Å². The SMILES string of the molecule is O=C1CCNC2CCC3C=CC=CC3=C12. The third-order valence-electron chi connectivity index (χ3n) is 3.60. The molecular formula is C13H15NO. The van der Waals surface area contributed by atoms with Crippen LogP contribution in [0.15, 0.2) is 35.5 Å². The van der Waals surface area contributed by atoms with E-state index in [1.165, 1.54) is 12.0 Å². The second-order valence-corrected chi connectivity index (χ2v) is 4.48. The number of rotatable bonds is 0. The molecular weight excluding hydrogens is 186 g/mol. The lowest BCUT2D eigenvalue weighted by Gasteiger charge is -2.35. The van der Waals surface area contributed by atoms with Crippen LogP contribution in [0.2, 0.25) is 0 Å². The quantitative estimate of drug-likeness (QED) is 0.647. The summed E-state index contributed by atoms with van der Waals surface area (Å²) in [6.45, 7) is 0.852. The number of nitrogens with one attached hydrogen (secondary N) is 1. The summed E-state index contributed by atoms with van der Waals surface area (Å²) in [4.78, 5) is 11.9. The van der Waals surface area contributed by atoms with Crippen LogP contribution >= 0.6 is 0 Å². The summed E-state index contributed by atoms with van der Waals surface area (Å²) in [7, 11) is 0. The Hall–Kier alpha value is -1.15. The average Bonchev–Trinajstić information content (AvgIpc) is 2.29. The van der Waals surface area contributed by atoms with Crippen LogP contribution < -0.4 is 5.32 Å². The lowest BCUT2D eigenvalue weighted by molar-refractivity contribution is -0.116. The van der Waals surface area contributed by atoms with Crippen molar-refractivity contribution in [1.82, 2.24) is 5.32 Å². The van der Waals surface area contributed by atoms with Crippen molar-refractivity contribution in [2.75, 3.05) is 6.54 Å². The summed E-state index contributed by atoms with van der Waals surface area (Å²) < 4.78 is 0. The third-order valence-corrected chi connectivity index (χ3v) is 3.60. The molecule has 1 aliphatic heterocycles. The number of ketones is 1. The zero-order chi connectivity index (χ0) is 10.3. The number of hydrogen-bond acceptors (Lipinski definition) is 2. The van der Waals surface area contributed by atoms with E-state index in [4.69, 9.17) is 0 Å². The fourth-order valence-corrected chi connectivity index (χ4v) is 2.87. The average molecular weight is 201 g/mol. The van der Waals surface area contributed by atoms with Crippen molar-refractivity contribution >= 4 is 5.78 Å². The minimum absolute atomic E-state index is 0.327. The molecule has 0 aromatic heterocycles. The maximum Gasteiger partial charge on any atom is 0.162 e. The number of allylic oxidation sites excluding steroid dienone is 5. The Balaban J connectivity index is 2.08. The number of carbonyl (C=O) groups excluding carboxylic acids is 1.